The third kappa shape index (κ3) is 3.39. The van der Waals surface area contributed by atoms with E-state index in [4.69, 9.17) is 0 Å². The summed E-state index contributed by atoms with van der Waals surface area (Å²) in [4.78, 5) is 12.2. The van der Waals surface area contributed by atoms with Crippen LogP contribution in [-0.2, 0) is 21.9 Å². The molecule has 0 bridgehead atoms. The molecule has 0 unspecified atom stereocenters. The molecule has 1 N–H and O–H groups in total. The van der Waals surface area contributed by atoms with Gasteiger partial charge in [0.1, 0.15) is 4.90 Å². The minimum absolute atomic E-state index is 0.0342. The van der Waals surface area contributed by atoms with Gasteiger partial charge in [-0.05, 0) is 36.3 Å². The van der Waals surface area contributed by atoms with Crippen molar-refractivity contribution in [3.05, 3.63) is 65.5 Å². The predicted molar refractivity (Wildman–Crippen MR) is 101 cm³/mol. The van der Waals surface area contributed by atoms with Crippen LogP contribution in [0.2, 0.25) is 0 Å². The zero-order valence-corrected chi connectivity index (χ0v) is 15.5. The number of hydrogen-bond donors (Lipinski definition) is 1. The van der Waals surface area contributed by atoms with Gasteiger partial charge < -0.3 is 0 Å². The molecular formula is C19H19N3O3S. The van der Waals surface area contributed by atoms with Gasteiger partial charge in [-0.25, -0.2) is 13.1 Å². The van der Waals surface area contributed by atoms with E-state index in [9.17, 15) is 13.2 Å². The van der Waals surface area contributed by atoms with E-state index < -0.39 is 15.9 Å². The minimum atomic E-state index is -3.98. The standard InChI is InChI=1S/C19H19N3O3S/c1-13-19(14(2)22(3)20-13)26(24,25)21-18(23)12-11-16-9-6-8-15-7-4-5-10-17(15)16/h4-12H,1-3H3,(H,21,23)/b12-11-. The van der Waals surface area contributed by atoms with Crippen molar-refractivity contribution in [2.75, 3.05) is 0 Å². The van der Waals surface area contributed by atoms with Gasteiger partial charge in [0.2, 0.25) is 0 Å². The molecule has 1 heterocycles. The fourth-order valence-corrected chi connectivity index (χ4v) is 4.31. The number of nitrogens with one attached hydrogen (secondary N) is 1. The molecule has 26 heavy (non-hydrogen) atoms. The Balaban J connectivity index is 1.85. The third-order valence-corrected chi connectivity index (χ3v) is 5.78. The summed E-state index contributed by atoms with van der Waals surface area (Å²) in [6.45, 7) is 3.24. The van der Waals surface area contributed by atoms with Crippen LogP contribution in [0.3, 0.4) is 0 Å². The molecule has 0 fully saturated rings. The molecular weight excluding hydrogens is 350 g/mol. The fraction of sp³-hybridized carbons (Fsp3) is 0.158. The Bertz CT molecular complexity index is 1120. The average molecular weight is 369 g/mol. The van der Waals surface area contributed by atoms with Crippen molar-refractivity contribution in [3.63, 3.8) is 0 Å². The average Bonchev–Trinajstić information content (AvgIpc) is 2.85. The number of fused-ring (bicyclic) bond motifs is 1. The van der Waals surface area contributed by atoms with Crippen molar-refractivity contribution in [1.29, 1.82) is 0 Å². The Kier molecular flexibility index (Phi) is 4.65. The van der Waals surface area contributed by atoms with Gasteiger partial charge in [0.25, 0.3) is 15.9 Å². The molecule has 0 saturated heterocycles. The first-order valence-corrected chi connectivity index (χ1v) is 9.51. The van der Waals surface area contributed by atoms with Crippen molar-refractivity contribution in [3.8, 4) is 0 Å². The second-order valence-electron chi connectivity index (χ2n) is 6.00. The molecule has 3 rings (SSSR count). The zero-order chi connectivity index (χ0) is 18.9. The lowest BCUT2D eigenvalue weighted by Crippen LogP contribution is -2.29. The van der Waals surface area contributed by atoms with Gasteiger partial charge in [0.15, 0.2) is 0 Å². The van der Waals surface area contributed by atoms with Gasteiger partial charge >= 0.3 is 0 Å². The Morgan fingerprint density at radius 3 is 2.50 bits per heavy atom. The van der Waals surface area contributed by atoms with Crippen LogP contribution in [0.1, 0.15) is 17.0 Å². The van der Waals surface area contributed by atoms with Crippen LogP contribution in [0.4, 0.5) is 0 Å². The van der Waals surface area contributed by atoms with Crippen LogP contribution in [0, 0.1) is 13.8 Å². The molecule has 1 amide bonds. The number of rotatable bonds is 4. The van der Waals surface area contributed by atoms with Crippen LogP contribution in [0.5, 0.6) is 0 Å². The molecule has 0 aliphatic heterocycles. The number of aromatic nitrogens is 2. The van der Waals surface area contributed by atoms with Crippen LogP contribution < -0.4 is 4.72 Å². The summed E-state index contributed by atoms with van der Waals surface area (Å²) >= 11 is 0. The maximum absolute atomic E-state index is 12.5. The Morgan fingerprint density at radius 1 is 1.12 bits per heavy atom. The first-order valence-electron chi connectivity index (χ1n) is 8.02. The molecule has 0 spiro atoms. The predicted octanol–water partition coefficient (Wildman–Crippen LogP) is 2.71. The molecule has 1 aromatic heterocycles. The lowest BCUT2D eigenvalue weighted by molar-refractivity contribution is -0.114. The molecule has 0 saturated carbocycles. The number of nitrogens with zero attached hydrogens (tertiary/aromatic N) is 2. The second kappa shape index (κ2) is 6.76. The zero-order valence-electron chi connectivity index (χ0n) is 14.7. The van der Waals surface area contributed by atoms with Crippen molar-refractivity contribution >= 4 is 32.8 Å². The summed E-state index contributed by atoms with van der Waals surface area (Å²) in [6.07, 6.45) is 2.83. The highest BCUT2D eigenvalue weighted by Crippen LogP contribution is 2.20. The molecule has 2 aromatic carbocycles. The topological polar surface area (TPSA) is 81.1 Å². The van der Waals surface area contributed by atoms with Gasteiger partial charge in [-0.1, -0.05) is 42.5 Å². The van der Waals surface area contributed by atoms with E-state index in [-0.39, 0.29) is 4.90 Å². The van der Waals surface area contributed by atoms with E-state index in [1.807, 2.05) is 42.5 Å². The van der Waals surface area contributed by atoms with Crippen LogP contribution >= 0.6 is 0 Å². The summed E-state index contributed by atoms with van der Waals surface area (Å²) < 4.78 is 28.6. The summed E-state index contributed by atoms with van der Waals surface area (Å²) in [6, 6.07) is 13.5. The van der Waals surface area contributed by atoms with Crippen molar-refractivity contribution < 1.29 is 13.2 Å². The highest BCUT2D eigenvalue weighted by Gasteiger charge is 2.24. The van der Waals surface area contributed by atoms with Gasteiger partial charge in [0.05, 0.1) is 11.4 Å². The lowest BCUT2D eigenvalue weighted by atomic mass is 10.0. The number of hydrogen-bond acceptors (Lipinski definition) is 4. The Morgan fingerprint density at radius 2 is 1.81 bits per heavy atom. The first-order chi connectivity index (χ1) is 12.3. The minimum Gasteiger partial charge on any atom is -0.271 e. The maximum atomic E-state index is 12.5. The largest absolute Gasteiger partial charge is 0.271 e. The van der Waals surface area contributed by atoms with Crippen molar-refractivity contribution in [1.82, 2.24) is 14.5 Å². The monoisotopic (exact) mass is 369 g/mol. The number of sulfonamides is 1. The molecule has 0 aliphatic rings. The summed E-state index contributed by atoms with van der Waals surface area (Å²) in [7, 11) is -2.32. The van der Waals surface area contributed by atoms with Gasteiger partial charge in [-0.2, -0.15) is 5.10 Å². The second-order valence-corrected chi connectivity index (χ2v) is 7.61. The number of carbonyl (C=O) groups is 1. The van der Waals surface area contributed by atoms with E-state index in [1.54, 1.807) is 27.0 Å². The van der Waals surface area contributed by atoms with Crippen LogP contribution in [-0.4, -0.2) is 24.1 Å². The third-order valence-electron chi connectivity index (χ3n) is 4.18. The normalized spacial score (nSPS) is 12.0. The first kappa shape index (κ1) is 17.9. The quantitative estimate of drug-likeness (QED) is 0.717. The maximum Gasteiger partial charge on any atom is 0.267 e. The van der Waals surface area contributed by atoms with Crippen LogP contribution in [0.15, 0.2) is 53.4 Å². The number of aryl methyl sites for hydroxylation is 2. The molecule has 0 aliphatic carbocycles. The fourth-order valence-electron chi connectivity index (χ4n) is 2.92. The highest BCUT2D eigenvalue weighted by molar-refractivity contribution is 7.90. The number of amides is 1. The highest BCUT2D eigenvalue weighted by atomic mass is 32.2. The van der Waals surface area contributed by atoms with Gasteiger partial charge in [0, 0.05) is 13.1 Å². The lowest BCUT2D eigenvalue weighted by Gasteiger charge is -2.05. The summed E-state index contributed by atoms with van der Waals surface area (Å²) in [5.74, 6) is -0.708. The van der Waals surface area contributed by atoms with Crippen molar-refractivity contribution in [2.24, 2.45) is 7.05 Å². The van der Waals surface area contributed by atoms with E-state index in [0.717, 1.165) is 16.3 Å². The van der Waals surface area contributed by atoms with E-state index in [0.29, 0.717) is 11.4 Å². The van der Waals surface area contributed by atoms with E-state index in [2.05, 4.69) is 9.82 Å². The molecule has 0 radical (unpaired) electrons. The molecule has 3 aromatic rings. The smallest absolute Gasteiger partial charge is 0.267 e. The van der Waals surface area contributed by atoms with Gasteiger partial charge in [-0.15, -0.1) is 0 Å². The van der Waals surface area contributed by atoms with Crippen LogP contribution in [0.25, 0.3) is 16.8 Å². The molecule has 7 heteroatoms. The summed E-state index contributed by atoms with van der Waals surface area (Å²) in [5.41, 5.74) is 1.66. The summed E-state index contributed by atoms with van der Waals surface area (Å²) in [5, 5.41) is 6.11. The Labute approximate surface area is 152 Å². The van der Waals surface area contributed by atoms with Gasteiger partial charge in [-0.3, -0.25) is 9.48 Å². The number of carbonyl (C=O) groups excluding carboxylic acids is 1. The molecule has 0 atom stereocenters. The Hall–Kier alpha value is -2.93. The van der Waals surface area contributed by atoms with E-state index in [1.165, 1.54) is 10.8 Å². The molecule has 134 valence electrons. The number of benzene rings is 2. The van der Waals surface area contributed by atoms with E-state index >= 15 is 0 Å². The van der Waals surface area contributed by atoms with Crippen molar-refractivity contribution in [2.45, 2.75) is 18.7 Å². The SMILES string of the molecule is Cc1nn(C)c(C)c1S(=O)(=O)NC(=O)/C=C\c1cccc2ccccc12. The molecule has 6 nitrogen and oxygen atoms in total.